The lowest BCUT2D eigenvalue weighted by Gasteiger charge is -2.16. The average molecular weight is 330 g/mol. The number of imidazole rings is 1. The average Bonchev–Trinajstić information content (AvgIpc) is 3.14. The van der Waals surface area contributed by atoms with E-state index in [1.165, 1.54) is 17.7 Å². The first-order chi connectivity index (χ1) is 11.1. The Labute approximate surface area is 139 Å². The van der Waals surface area contributed by atoms with Gasteiger partial charge in [0, 0.05) is 12.2 Å². The van der Waals surface area contributed by atoms with Crippen LogP contribution in [0.2, 0.25) is 0 Å². The van der Waals surface area contributed by atoms with Gasteiger partial charge in [0.15, 0.2) is 0 Å². The Morgan fingerprint density at radius 3 is 2.65 bits per heavy atom. The minimum absolute atomic E-state index is 0.112. The topological polar surface area (TPSA) is 27.1 Å². The predicted molar refractivity (Wildman–Crippen MR) is 92.0 cm³/mol. The van der Waals surface area contributed by atoms with Gasteiger partial charge in [0.25, 0.3) is 0 Å². The lowest BCUT2D eigenvalue weighted by Crippen LogP contribution is -2.09. The molecule has 1 atom stereocenters. The summed E-state index contributed by atoms with van der Waals surface area (Å²) >= 11 is 1.68. The minimum atomic E-state index is -0.246. The highest BCUT2D eigenvalue weighted by Crippen LogP contribution is 2.36. The van der Waals surface area contributed by atoms with Crippen molar-refractivity contribution in [2.45, 2.75) is 27.0 Å². The maximum atomic E-state index is 13.2. The van der Waals surface area contributed by atoms with Gasteiger partial charge >= 0.3 is 0 Å². The summed E-state index contributed by atoms with van der Waals surface area (Å²) in [6, 6.07) is 8.59. The molecular weight excluding hydrogens is 311 g/mol. The minimum Gasteiger partial charge on any atom is -0.359 e. The first-order valence-corrected chi connectivity index (χ1v) is 8.48. The molecule has 0 N–H and O–H groups in total. The van der Waals surface area contributed by atoms with E-state index in [1.807, 2.05) is 18.4 Å². The summed E-state index contributed by atoms with van der Waals surface area (Å²) in [5, 5.41) is 2.12. The van der Waals surface area contributed by atoms with Gasteiger partial charge in [-0.15, -0.1) is 11.3 Å². The van der Waals surface area contributed by atoms with Gasteiger partial charge in [-0.25, -0.2) is 9.37 Å². The Balaban J connectivity index is 2.14. The van der Waals surface area contributed by atoms with E-state index >= 15 is 0 Å². The zero-order valence-corrected chi connectivity index (χ0v) is 14.2. The molecule has 120 valence electrons. The van der Waals surface area contributed by atoms with Crippen molar-refractivity contribution < 1.29 is 9.13 Å². The van der Waals surface area contributed by atoms with Crippen LogP contribution in [0.15, 0.2) is 42.0 Å². The first kappa shape index (κ1) is 15.9. The van der Waals surface area contributed by atoms with Crippen molar-refractivity contribution in [3.63, 3.8) is 0 Å². The Morgan fingerprint density at radius 2 is 2.04 bits per heavy atom. The van der Waals surface area contributed by atoms with Crippen LogP contribution in [0.1, 0.15) is 25.6 Å². The van der Waals surface area contributed by atoms with Gasteiger partial charge in [0.05, 0.1) is 22.6 Å². The van der Waals surface area contributed by atoms with Gasteiger partial charge in [-0.1, -0.05) is 0 Å². The highest BCUT2D eigenvalue weighted by Gasteiger charge is 2.19. The maximum Gasteiger partial charge on any atom is 0.132 e. The van der Waals surface area contributed by atoms with Crippen molar-refractivity contribution in [1.29, 1.82) is 0 Å². The molecule has 0 saturated carbocycles. The number of aromatic nitrogens is 2. The number of hydrogen-bond acceptors (Lipinski definition) is 3. The third-order valence-electron chi connectivity index (χ3n) is 3.67. The number of ether oxygens (including phenoxy) is 1. The zero-order valence-electron chi connectivity index (χ0n) is 13.4. The van der Waals surface area contributed by atoms with Crippen molar-refractivity contribution in [2.24, 2.45) is 0 Å². The van der Waals surface area contributed by atoms with Gasteiger partial charge in [-0.3, -0.25) is 0 Å². The molecule has 0 aliphatic carbocycles. The molecule has 3 aromatic rings. The smallest absolute Gasteiger partial charge is 0.132 e. The fourth-order valence-electron chi connectivity index (χ4n) is 2.58. The van der Waals surface area contributed by atoms with Crippen LogP contribution in [0.5, 0.6) is 0 Å². The third kappa shape index (κ3) is 3.21. The highest BCUT2D eigenvalue weighted by atomic mass is 32.1. The summed E-state index contributed by atoms with van der Waals surface area (Å²) in [6.45, 7) is 6.69. The SMILES string of the molecule is CCOC(C)n1cnc(-c2ccc(F)cc2)c1-c1cc(C)cs1. The normalized spacial score (nSPS) is 12.5. The van der Waals surface area contributed by atoms with Crippen LogP contribution in [-0.4, -0.2) is 16.2 Å². The molecule has 1 unspecified atom stereocenters. The van der Waals surface area contributed by atoms with E-state index in [-0.39, 0.29) is 12.0 Å². The van der Waals surface area contributed by atoms with Crippen molar-refractivity contribution in [3.8, 4) is 21.8 Å². The number of thiophene rings is 1. The molecule has 1 aromatic carbocycles. The van der Waals surface area contributed by atoms with Crippen LogP contribution in [0.4, 0.5) is 4.39 Å². The molecule has 0 aliphatic heterocycles. The van der Waals surface area contributed by atoms with Crippen LogP contribution in [0, 0.1) is 12.7 Å². The zero-order chi connectivity index (χ0) is 16.4. The Morgan fingerprint density at radius 1 is 1.30 bits per heavy atom. The summed E-state index contributed by atoms with van der Waals surface area (Å²) in [7, 11) is 0. The Hall–Kier alpha value is -1.98. The Bertz CT molecular complexity index is 792. The Kier molecular flexibility index (Phi) is 4.59. The fourth-order valence-corrected chi connectivity index (χ4v) is 3.53. The fraction of sp³-hybridized carbons (Fsp3) is 0.278. The molecule has 5 heteroatoms. The third-order valence-corrected chi connectivity index (χ3v) is 4.73. The molecule has 2 heterocycles. The maximum absolute atomic E-state index is 13.2. The van der Waals surface area contributed by atoms with E-state index in [9.17, 15) is 4.39 Å². The van der Waals surface area contributed by atoms with E-state index < -0.39 is 0 Å². The molecule has 0 spiro atoms. The molecule has 0 fully saturated rings. The molecule has 3 nitrogen and oxygen atoms in total. The van der Waals surface area contributed by atoms with Crippen molar-refractivity contribution in [2.75, 3.05) is 6.61 Å². The second-order valence-electron chi connectivity index (χ2n) is 5.40. The molecule has 0 radical (unpaired) electrons. The molecule has 3 rings (SSSR count). The van der Waals surface area contributed by atoms with Crippen LogP contribution in [0.3, 0.4) is 0 Å². The second-order valence-corrected chi connectivity index (χ2v) is 6.31. The summed E-state index contributed by atoms with van der Waals surface area (Å²) in [5.41, 5.74) is 3.97. The number of nitrogens with zero attached hydrogens (tertiary/aromatic N) is 2. The number of benzene rings is 1. The number of halogens is 1. The lowest BCUT2D eigenvalue weighted by atomic mass is 10.1. The van der Waals surface area contributed by atoms with Gasteiger partial charge in [0.1, 0.15) is 12.0 Å². The number of hydrogen-bond donors (Lipinski definition) is 0. The summed E-state index contributed by atoms with van der Waals surface area (Å²) in [5.74, 6) is -0.246. The molecule has 23 heavy (non-hydrogen) atoms. The molecular formula is C18H19FN2OS. The van der Waals surface area contributed by atoms with Crippen molar-refractivity contribution >= 4 is 11.3 Å². The lowest BCUT2D eigenvalue weighted by molar-refractivity contribution is 0.0259. The van der Waals surface area contributed by atoms with E-state index in [2.05, 4.69) is 23.4 Å². The van der Waals surface area contributed by atoms with E-state index in [0.29, 0.717) is 6.61 Å². The molecule has 2 aromatic heterocycles. The largest absolute Gasteiger partial charge is 0.359 e. The van der Waals surface area contributed by atoms with Gasteiger partial charge < -0.3 is 9.30 Å². The van der Waals surface area contributed by atoms with Crippen molar-refractivity contribution in [3.05, 3.63) is 53.4 Å². The second kappa shape index (κ2) is 6.64. The standard InChI is InChI=1S/C18H19FN2OS/c1-4-22-13(3)21-11-20-17(14-5-7-15(19)8-6-14)18(21)16-9-12(2)10-23-16/h5-11,13H,4H2,1-3H3. The van der Waals surface area contributed by atoms with Gasteiger partial charge in [-0.05, 0) is 62.0 Å². The van der Waals surface area contributed by atoms with E-state index in [1.54, 1.807) is 29.8 Å². The number of aryl methyl sites for hydroxylation is 1. The molecule has 0 aliphatic rings. The summed E-state index contributed by atoms with van der Waals surface area (Å²) in [6.07, 6.45) is 1.68. The van der Waals surface area contributed by atoms with E-state index in [0.717, 1.165) is 21.8 Å². The number of rotatable bonds is 5. The van der Waals surface area contributed by atoms with Gasteiger partial charge in [-0.2, -0.15) is 0 Å². The predicted octanol–water partition coefficient (Wildman–Crippen LogP) is 5.28. The molecule has 0 bridgehead atoms. The molecule has 0 saturated heterocycles. The first-order valence-electron chi connectivity index (χ1n) is 7.60. The van der Waals surface area contributed by atoms with E-state index in [4.69, 9.17) is 4.74 Å². The van der Waals surface area contributed by atoms with Crippen LogP contribution in [0.25, 0.3) is 21.8 Å². The van der Waals surface area contributed by atoms with Crippen LogP contribution < -0.4 is 0 Å². The van der Waals surface area contributed by atoms with Crippen LogP contribution >= 0.6 is 11.3 Å². The molecule has 0 amide bonds. The van der Waals surface area contributed by atoms with Crippen molar-refractivity contribution in [1.82, 2.24) is 9.55 Å². The monoisotopic (exact) mass is 330 g/mol. The van der Waals surface area contributed by atoms with Crippen LogP contribution in [-0.2, 0) is 4.74 Å². The van der Waals surface area contributed by atoms with Gasteiger partial charge in [0.2, 0.25) is 0 Å². The quantitative estimate of drug-likeness (QED) is 0.636. The summed E-state index contributed by atoms with van der Waals surface area (Å²) in [4.78, 5) is 5.70. The highest BCUT2D eigenvalue weighted by molar-refractivity contribution is 7.13. The summed E-state index contributed by atoms with van der Waals surface area (Å²) < 4.78 is 21.0.